The van der Waals surface area contributed by atoms with Crippen LogP contribution in [0.1, 0.15) is 15.9 Å². The molecular weight excluding hydrogens is 294 g/mol. The number of nitrogens with one attached hydrogen (secondary N) is 1. The number of aromatic amines is 1. The van der Waals surface area contributed by atoms with Gasteiger partial charge in [0.15, 0.2) is 11.5 Å². The van der Waals surface area contributed by atoms with Gasteiger partial charge in [0.2, 0.25) is 6.33 Å². The Balaban J connectivity index is 1.71. The standard InChI is InChI=1S/C17H15N3OS/c1-13-7-9-14(10-8-13)16(21)11-22-17-18-12-19-20(17)15-5-3-2-4-6-15/h2-10,12H,11H2,1H3/p+1. The zero-order chi connectivity index (χ0) is 15.4. The molecule has 0 radical (unpaired) electrons. The fraction of sp³-hybridized carbons (Fsp3) is 0.118. The Bertz CT molecular complexity index is 766. The van der Waals surface area contributed by atoms with Gasteiger partial charge >= 0.3 is 5.16 Å². The second-order valence-electron chi connectivity index (χ2n) is 4.92. The van der Waals surface area contributed by atoms with Gasteiger partial charge in [0.25, 0.3) is 0 Å². The highest BCUT2D eigenvalue weighted by molar-refractivity contribution is 7.99. The van der Waals surface area contributed by atoms with Crippen LogP contribution in [0.25, 0.3) is 5.69 Å². The summed E-state index contributed by atoms with van der Waals surface area (Å²) in [7, 11) is 0. The second kappa shape index (κ2) is 6.58. The zero-order valence-corrected chi connectivity index (χ0v) is 13.0. The molecule has 0 aliphatic rings. The molecule has 0 aliphatic carbocycles. The van der Waals surface area contributed by atoms with Crippen LogP contribution in [-0.4, -0.2) is 21.6 Å². The number of aromatic nitrogens is 3. The van der Waals surface area contributed by atoms with E-state index in [1.165, 1.54) is 11.8 Å². The van der Waals surface area contributed by atoms with Gasteiger partial charge in [-0.3, -0.25) is 4.79 Å². The summed E-state index contributed by atoms with van der Waals surface area (Å²) < 4.78 is 1.87. The Hall–Kier alpha value is -2.40. The van der Waals surface area contributed by atoms with Gasteiger partial charge in [0.05, 0.1) is 5.75 Å². The number of thioether (sulfide) groups is 1. The molecule has 0 unspecified atom stereocenters. The molecule has 0 saturated heterocycles. The highest BCUT2D eigenvalue weighted by atomic mass is 32.2. The average molecular weight is 310 g/mol. The lowest BCUT2D eigenvalue weighted by atomic mass is 10.1. The third-order valence-corrected chi connectivity index (χ3v) is 4.23. The SMILES string of the molecule is Cc1ccc(C(=O)CSc2nc[nH][n+]2-c2ccccc2)cc1. The first-order valence-electron chi connectivity index (χ1n) is 6.97. The number of carbonyl (C=O) groups excluding carboxylic acids is 1. The van der Waals surface area contributed by atoms with Crippen LogP contribution in [0.4, 0.5) is 0 Å². The van der Waals surface area contributed by atoms with Crippen LogP contribution in [0.15, 0.2) is 66.1 Å². The van der Waals surface area contributed by atoms with E-state index in [2.05, 4.69) is 10.1 Å². The van der Waals surface area contributed by atoms with E-state index < -0.39 is 0 Å². The van der Waals surface area contributed by atoms with Gasteiger partial charge in [-0.05, 0) is 35.8 Å². The van der Waals surface area contributed by atoms with Crippen molar-refractivity contribution in [2.75, 3.05) is 5.75 Å². The van der Waals surface area contributed by atoms with Crippen molar-refractivity contribution in [1.82, 2.24) is 10.1 Å². The van der Waals surface area contributed by atoms with Gasteiger partial charge in [0, 0.05) is 5.56 Å². The lowest BCUT2D eigenvalue weighted by Crippen LogP contribution is -2.34. The van der Waals surface area contributed by atoms with Crippen LogP contribution in [0.3, 0.4) is 0 Å². The highest BCUT2D eigenvalue weighted by Gasteiger charge is 2.18. The number of Topliss-reactive ketones (excluding diaryl/α,β-unsaturated/α-hetero) is 1. The Morgan fingerprint density at radius 1 is 1.14 bits per heavy atom. The van der Waals surface area contributed by atoms with Gasteiger partial charge < -0.3 is 0 Å². The Kier molecular flexibility index (Phi) is 4.34. The number of para-hydroxylation sites is 1. The summed E-state index contributed by atoms with van der Waals surface area (Å²) in [6.45, 7) is 2.01. The first kappa shape index (κ1) is 14.5. The van der Waals surface area contributed by atoms with Crippen molar-refractivity contribution in [1.29, 1.82) is 0 Å². The molecule has 22 heavy (non-hydrogen) atoms. The van der Waals surface area contributed by atoms with Gasteiger partial charge in [-0.25, -0.2) is 0 Å². The summed E-state index contributed by atoms with van der Waals surface area (Å²) in [5, 5.41) is 3.84. The van der Waals surface area contributed by atoms with Gasteiger partial charge in [-0.2, -0.15) is 5.10 Å². The quantitative estimate of drug-likeness (QED) is 0.448. The first-order valence-corrected chi connectivity index (χ1v) is 7.96. The maximum atomic E-state index is 12.2. The molecule has 1 heterocycles. The molecule has 4 nitrogen and oxygen atoms in total. The summed E-state index contributed by atoms with van der Waals surface area (Å²) in [5.41, 5.74) is 2.88. The summed E-state index contributed by atoms with van der Waals surface area (Å²) in [4.78, 5) is 16.5. The minimum atomic E-state index is 0.104. The summed E-state index contributed by atoms with van der Waals surface area (Å²) in [5.74, 6) is 0.466. The minimum absolute atomic E-state index is 0.104. The number of rotatable bonds is 5. The van der Waals surface area contributed by atoms with Crippen LogP contribution in [-0.2, 0) is 0 Å². The lowest BCUT2D eigenvalue weighted by molar-refractivity contribution is -0.694. The molecule has 110 valence electrons. The highest BCUT2D eigenvalue weighted by Crippen LogP contribution is 2.15. The Morgan fingerprint density at radius 3 is 2.59 bits per heavy atom. The molecule has 3 rings (SSSR count). The van der Waals surface area contributed by atoms with E-state index in [0.717, 1.165) is 22.0 Å². The molecule has 1 N–H and O–H groups in total. The lowest BCUT2D eigenvalue weighted by Gasteiger charge is -2.00. The number of aryl methyl sites for hydroxylation is 1. The molecule has 0 bridgehead atoms. The fourth-order valence-electron chi connectivity index (χ4n) is 2.07. The van der Waals surface area contributed by atoms with Gasteiger partial charge in [-0.15, -0.1) is 4.68 Å². The fourth-order valence-corrected chi connectivity index (χ4v) is 2.91. The van der Waals surface area contributed by atoms with Crippen molar-refractivity contribution in [2.45, 2.75) is 12.1 Å². The Morgan fingerprint density at radius 2 is 1.86 bits per heavy atom. The number of H-pyrrole nitrogens is 1. The van der Waals surface area contributed by atoms with Crippen molar-refractivity contribution in [3.8, 4) is 5.69 Å². The van der Waals surface area contributed by atoms with Crippen molar-refractivity contribution in [2.24, 2.45) is 0 Å². The predicted octanol–water partition coefficient (Wildman–Crippen LogP) is 2.97. The number of ketones is 1. The molecule has 0 saturated carbocycles. The van der Waals surface area contributed by atoms with E-state index in [-0.39, 0.29) is 5.78 Å². The van der Waals surface area contributed by atoms with Crippen LogP contribution in [0.5, 0.6) is 0 Å². The minimum Gasteiger partial charge on any atom is -0.293 e. The van der Waals surface area contributed by atoms with Crippen molar-refractivity contribution < 1.29 is 9.48 Å². The zero-order valence-electron chi connectivity index (χ0n) is 12.2. The number of benzene rings is 2. The van der Waals surface area contributed by atoms with Crippen LogP contribution < -0.4 is 4.68 Å². The molecule has 0 aliphatic heterocycles. The topological polar surface area (TPSA) is 49.6 Å². The molecule has 0 atom stereocenters. The van der Waals surface area contributed by atoms with E-state index in [4.69, 9.17) is 0 Å². The van der Waals surface area contributed by atoms with Gasteiger partial charge in [-0.1, -0.05) is 48.0 Å². The third kappa shape index (κ3) is 3.26. The summed E-state index contributed by atoms with van der Waals surface area (Å²) in [6, 6.07) is 17.5. The normalized spacial score (nSPS) is 10.6. The summed E-state index contributed by atoms with van der Waals surface area (Å²) >= 11 is 1.43. The summed E-state index contributed by atoms with van der Waals surface area (Å²) in [6.07, 6.45) is 1.63. The molecular formula is C17H16N3OS+. The number of hydrogen-bond donors (Lipinski definition) is 1. The third-order valence-electron chi connectivity index (χ3n) is 3.27. The maximum absolute atomic E-state index is 12.2. The van der Waals surface area contributed by atoms with Crippen LogP contribution in [0, 0.1) is 6.92 Å². The molecule has 0 spiro atoms. The largest absolute Gasteiger partial charge is 0.385 e. The van der Waals surface area contributed by atoms with E-state index in [1.807, 2.05) is 66.2 Å². The molecule has 5 heteroatoms. The number of nitrogens with zero attached hydrogens (tertiary/aromatic N) is 2. The smallest absolute Gasteiger partial charge is 0.293 e. The van der Waals surface area contributed by atoms with Crippen LogP contribution >= 0.6 is 11.8 Å². The van der Waals surface area contributed by atoms with E-state index in [0.29, 0.717) is 5.75 Å². The van der Waals surface area contributed by atoms with E-state index in [9.17, 15) is 4.79 Å². The molecule has 1 aromatic heterocycles. The monoisotopic (exact) mass is 310 g/mol. The van der Waals surface area contributed by atoms with Crippen molar-refractivity contribution >= 4 is 17.5 Å². The van der Waals surface area contributed by atoms with Gasteiger partial charge in [0.1, 0.15) is 0 Å². The number of carbonyl (C=O) groups is 1. The molecule has 0 amide bonds. The number of hydrogen-bond acceptors (Lipinski definition) is 3. The van der Waals surface area contributed by atoms with Crippen molar-refractivity contribution in [3.05, 3.63) is 72.1 Å². The molecule has 2 aromatic carbocycles. The first-order chi connectivity index (χ1) is 10.7. The molecule has 3 aromatic rings. The second-order valence-corrected chi connectivity index (χ2v) is 5.86. The maximum Gasteiger partial charge on any atom is 0.385 e. The average Bonchev–Trinajstić information content (AvgIpc) is 3.02. The predicted molar refractivity (Wildman–Crippen MR) is 86.4 cm³/mol. The molecule has 0 fully saturated rings. The van der Waals surface area contributed by atoms with Crippen LogP contribution in [0.2, 0.25) is 0 Å². The van der Waals surface area contributed by atoms with E-state index >= 15 is 0 Å². The van der Waals surface area contributed by atoms with Crippen molar-refractivity contribution in [3.63, 3.8) is 0 Å². The van der Waals surface area contributed by atoms with E-state index in [1.54, 1.807) is 6.33 Å². The Labute approximate surface area is 133 Å².